The van der Waals surface area contributed by atoms with Gasteiger partial charge in [-0.25, -0.2) is 9.97 Å². The molecule has 0 aliphatic carbocycles. The molecule has 86 valence electrons. The Kier molecular flexibility index (Phi) is 14.0. The molecule has 0 aromatic carbocycles. The van der Waals surface area contributed by atoms with E-state index in [0.29, 0.717) is 0 Å². The molecule has 0 aliphatic heterocycles. The topological polar surface area (TPSA) is 110 Å². The van der Waals surface area contributed by atoms with Crippen molar-refractivity contribution >= 4 is 20.7 Å². The Bertz CT molecular complexity index is 236. The largest absolute Gasteiger partial charge is 0.452 e. The van der Waals surface area contributed by atoms with Crippen LogP contribution in [0.25, 0.3) is 0 Å². The van der Waals surface area contributed by atoms with Gasteiger partial charge in [-0.2, -0.15) is 0 Å². The maximum absolute atomic E-state index is 8.74. The van der Waals surface area contributed by atoms with E-state index < -0.39 is 8.25 Å². The second kappa shape index (κ2) is 12.9. The molecular weight excluding hydrogens is 247 g/mol. The van der Waals surface area contributed by atoms with Crippen LogP contribution in [0.3, 0.4) is 0 Å². The Hall–Kier alpha value is -1.14. The molecule has 0 amide bonds. The number of hydrogen-bond acceptors (Lipinski definition) is 5. The van der Waals surface area contributed by atoms with Gasteiger partial charge in [0.15, 0.2) is 12.8 Å². The van der Waals surface area contributed by atoms with Gasteiger partial charge in [0.05, 0.1) is 12.4 Å². The Morgan fingerprint density at radius 3 is 1.40 bits per heavy atom. The van der Waals surface area contributed by atoms with Crippen LogP contribution in [-0.2, 0) is 4.57 Å². The Labute approximate surface area is 92.1 Å². The number of hydrogen-bond donors (Lipinski definition) is 2. The van der Waals surface area contributed by atoms with E-state index in [1.54, 1.807) is 12.4 Å². The van der Waals surface area contributed by atoms with Crippen molar-refractivity contribution in [3.8, 4) is 0 Å². The van der Waals surface area contributed by atoms with Crippen molar-refractivity contribution in [1.29, 1.82) is 0 Å². The molecule has 0 radical (unpaired) electrons. The third-order valence-electron chi connectivity index (χ3n) is 0.694. The van der Waals surface area contributed by atoms with Crippen LogP contribution in [0, 0.1) is 0 Å². The van der Waals surface area contributed by atoms with E-state index in [9.17, 15) is 0 Å². The fraction of sp³-hybridized carbons (Fsp3) is 0. The molecule has 2 rings (SSSR count). The summed E-state index contributed by atoms with van der Waals surface area (Å²) in [7, 11) is -3.13. The highest BCUT2D eigenvalue weighted by atomic mass is 35.5. The summed E-state index contributed by atoms with van der Waals surface area (Å²) in [5.41, 5.74) is 0. The standard InChI is InChI=1S/2C3H3NO.ClH.H3O3P/c2*1-2-5-3-4-1;;1-4(2)3/h2*1-3H;1H;4H,(H2,1,2,3). The Morgan fingerprint density at radius 2 is 1.33 bits per heavy atom. The lowest BCUT2D eigenvalue weighted by atomic mass is 11.0. The van der Waals surface area contributed by atoms with Gasteiger partial charge in [0.2, 0.25) is 0 Å². The predicted molar refractivity (Wildman–Crippen MR) is 53.7 cm³/mol. The van der Waals surface area contributed by atoms with E-state index in [1.807, 2.05) is 0 Å². The van der Waals surface area contributed by atoms with Crippen LogP contribution >= 0.6 is 20.7 Å². The van der Waals surface area contributed by atoms with Gasteiger partial charge in [-0.15, -0.1) is 12.4 Å². The number of oxazole rings is 2. The summed E-state index contributed by atoms with van der Waals surface area (Å²) in [5.74, 6) is 0. The first-order valence-corrected chi connectivity index (χ1v) is 4.60. The van der Waals surface area contributed by atoms with E-state index in [-0.39, 0.29) is 12.4 Å². The third-order valence-corrected chi connectivity index (χ3v) is 0.694. The Morgan fingerprint density at radius 1 is 1.00 bits per heavy atom. The molecule has 0 spiro atoms. The number of aromatic nitrogens is 2. The fourth-order valence-corrected chi connectivity index (χ4v) is 0.351. The van der Waals surface area contributed by atoms with Crippen LogP contribution in [0.15, 0.2) is 46.5 Å². The van der Waals surface area contributed by atoms with Crippen molar-refractivity contribution in [2.75, 3.05) is 0 Å². The first-order valence-electron chi connectivity index (χ1n) is 3.29. The summed E-state index contributed by atoms with van der Waals surface area (Å²) in [6, 6.07) is 0. The maximum atomic E-state index is 8.74. The molecule has 2 aromatic rings. The molecule has 15 heavy (non-hydrogen) atoms. The van der Waals surface area contributed by atoms with Gasteiger partial charge in [-0.3, -0.25) is 4.57 Å². The van der Waals surface area contributed by atoms with Gasteiger partial charge in [0.25, 0.3) is 0 Å². The lowest BCUT2D eigenvalue weighted by Crippen LogP contribution is -1.38. The summed E-state index contributed by atoms with van der Waals surface area (Å²) in [6.07, 6.45) is 8.94. The maximum Gasteiger partial charge on any atom is 0.314 e. The predicted octanol–water partition coefficient (Wildman–Crippen LogP) is 1.13. The SMILES string of the molecule is Cl.O=[PH](O)O.c1cocn1.c1cocn1. The minimum absolute atomic E-state index is 0. The molecule has 2 N–H and O–H groups in total. The van der Waals surface area contributed by atoms with Crippen molar-refractivity contribution in [2.45, 2.75) is 0 Å². The van der Waals surface area contributed by atoms with Crippen molar-refractivity contribution < 1.29 is 23.2 Å². The second-order valence-electron chi connectivity index (χ2n) is 1.63. The molecule has 0 atom stereocenters. The molecule has 0 unspecified atom stereocenters. The van der Waals surface area contributed by atoms with Crippen LogP contribution in [0.5, 0.6) is 0 Å². The quantitative estimate of drug-likeness (QED) is 0.680. The smallest absolute Gasteiger partial charge is 0.314 e. The highest BCUT2D eigenvalue weighted by Crippen LogP contribution is 1.98. The zero-order chi connectivity index (χ0) is 10.6. The molecule has 0 aliphatic rings. The summed E-state index contributed by atoms with van der Waals surface area (Å²) in [5, 5.41) is 0. The average Bonchev–Trinajstić information content (AvgIpc) is 2.83. The molecule has 0 fully saturated rings. The molecule has 7 nitrogen and oxygen atoms in total. The first kappa shape index (κ1) is 16.3. The summed E-state index contributed by atoms with van der Waals surface area (Å²) in [4.78, 5) is 21.4. The first-order chi connectivity index (χ1) is 6.73. The second-order valence-corrected chi connectivity index (χ2v) is 2.20. The molecule has 0 saturated heterocycles. The molecular formula is C6H10ClN2O5P. The van der Waals surface area contributed by atoms with E-state index in [0.717, 1.165) is 0 Å². The van der Waals surface area contributed by atoms with Crippen LogP contribution in [0.1, 0.15) is 0 Å². The van der Waals surface area contributed by atoms with Gasteiger partial charge in [-0.1, -0.05) is 0 Å². The zero-order valence-corrected chi connectivity index (χ0v) is 9.20. The van der Waals surface area contributed by atoms with Crippen LogP contribution in [-0.4, -0.2) is 19.8 Å². The van der Waals surface area contributed by atoms with Gasteiger partial charge in [0.1, 0.15) is 12.5 Å². The van der Waals surface area contributed by atoms with Crippen molar-refractivity contribution in [3.05, 3.63) is 37.7 Å². The van der Waals surface area contributed by atoms with Crippen molar-refractivity contribution in [1.82, 2.24) is 9.97 Å². The molecule has 2 heterocycles. The van der Waals surface area contributed by atoms with Crippen LogP contribution in [0.2, 0.25) is 0 Å². The van der Waals surface area contributed by atoms with E-state index in [1.165, 1.54) is 25.3 Å². The molecule has 2 aromatic heterocycles. The lowest BCUT2D eigenvalue weighted by Gasteiger charge is -1.61. The summed E-state index contributed by atoms with van der Waals surface area (Å²) in [6.45, 7) is 0. The van der Waals surface area contributed by atoms with Gasteiger partial charge in [0, 0.05) is 0 Å². The van der Waals surface area contributed by atoms with E-state index in [2.05, 4.69) is 18.8 Å². The monoisotopic (exact) mass is 256 g/mol. The normalized spacial score (nSPS) is 7.67. The average molecular weight is 257 g/mol. The molecule has 0 saturated carbocycles. The van der Waals surface area contributed by atoms with Gasteiger partial charge in [-0.05, 0) is 0 Å². The van der Waals surface area contributed by atoms with Gasteiger partial charge < -0.3 is 18.6 Å². The summed E-state index contributed by atoms with van der Waals surface area (Å²) >= 11 is 0. The zero-order valence-electron chi connectivity index (χ0n) is 7.39. The highest BCUT2D eigenvalue weighted by Gasteiger charge is 1.61. The Balaban J connectivity index is 0. The van der Waals surface area contributed by atoms with Gasteiger partial charge >= 0.3 is 8.25 Å². The number of nitrogens with zero attached hydrogens (tertiary/aromatic N) is 2. The van der Waals surface area contributed by atoms with E-state index in [4.69, 9.17) is 14.4 Å². The van der Waals surface area contributed by atoms with Crippen molar-refractivity contribution in [2.24, 2.45) is 0 Å². The fourth-order valence-electron chi connectivity index (χ4n) is 0.351. The number of rotatable bonds is 0. The third kappa shape index (κ3) is 19.3. The molecule has 0 bridgehead atoms. The van der Waals surface area contributed by atoms with Crippen LogP contribution < -0.4 is 0 Å². The lowest BCUT2D eigenvalue weighted by molar-refractivity contribution is 0.405. The molecule has 9 heteroatoms. The number of halogens is 1. The van der Waals surface area contributed by atoms with Crippen LogP contribution in [0.4, 0.5) is 0 Å². The highest BCUT2D eigenvalue weighted by molar-refractivity contribution is 7.30. The minimum atomic E-state index is -3.13. The summed E-state index contributed by atoms with van der Waals surface area (Å²) < 4.78 is 17.7. The minimum Gasteiger partial charge on any atom is -0.452 e. The van der Waals surface area contributed by atoms with Crippen molar-refractivity contribution in [3.63, 3.8) is 0 Å². The van der Waals surface area contributed by atoms with E-state index >= 15 is 0 Å².